The number of carbonyl (C=O) groups excluding carboxylic acids is 3. The predicted molar refractivity (Wildman–Crippen MR) is 330 cm³/mol. The third-order valence-corrected chi connectivity index (χ3v) is 14.8. The lowest BCUT2D eigenvalue weighted by molar-refractivity contribution is -0.167. The molecule has 76 heavy (non-hydrogen) atoms. The van der Waals surface area contributed by atoms with E-state index in [-0.39, 0.29) is 31.1 Å². The molecule has 0 aromatic heterocycles. The first-order valence-corrected chi connectivity index (χ1v) is 33.3. The van der Waals surface area contributed by atoms with Crippen molar-refractivity contribution in [2.75, 3.05) is 13.2 Å². The van der Waals surface area contributed by atoms with E-state index in [1.54, 1.807) is 0 Å². The highest BCUT2D eigenvalue weighted by molar-refractivity contribution is 5.71. The summed E-state index contributed by atoms with van der Waals surface area (Å²) in [5.41, 5.74) is 0. The highest BCUT2D eigenvalue weighted by Crippen LogP contribution is 2.18. The van der Waals surface area contributed by atoms with Gasteiger partial charge in [0.2, 0.25) is 0 Å². The number of hydrogen-bond acceptors (Lipinski definition) is 6. The van der Waals surface area contributed by atoms with Gasteiger partial charge in [-0.1, -0.05) is 326 Å². The van der Waals surface area contributed by atoms with Crippen molar-refractivity contribution in [1.82, 2.24) is 0 Å². The van der Waals surface area contributed by atoms with Crippen molar-refractivity contribution >= 4 is 17.9 Å². The van der Waals surface area contributed by atoms with Crippen LogP contribution in [0.2, 0.25) is 0 Å². The molecule has 6 heteroatoms. The van der Waals surface area contributed by atoms with Gasteiger partial charge in [0, 0.05) is 19.3 Å². The first-order chi connectivity index (χ1) is 37.5. The van der Waals surface area contributed by atoms with Gasteiger partial charge in [0.15, 0.2) is 6.10 Å². The van der Waals surface area contributed by atoms with Gasteiger partial charge in [-0.2, -0.15) is 0 Å². The van der Waals surface area contributed by atoms with E-state index < -0.39 is 6.10 Å². The van der Waals surface area contributed by atoms with E-state index in [1.165, 1.54) is 218 Å². The molecule has 0 aliphatic carbocycles. The van der Waals surface area contributed by atoms with Crippen LogP contribution in [0.4, 0.5) is 0 Å². The second kappa shape index (κ2) is 64.6. The van der Waals surface area contributed by atoms with Crippen molar-refractivity contribution in [3.8, 4) is 0 Å². The van der Waals surface area contributed by atoms with Gasteiger partial charge in [-0.05, 0) is 64.2 Å². The Morgan fingerprint density at radius 3 is 0.803 bits per heavy atom. The van der Waals surface area contributed by atoms with E-state index in [0.29, 0.717) is 19.3 Å². The van der Waals surface area contributed by atoms with E-state index in [2.05, 4.69) is 81.5 Å². The van der Waals surface area contributed by atoms with Crippen LogP contribution in [0.5, 0.6) is 0 Å². The number of esters is 3. The maximum Gasteiger partial charge on any atom is 0.306 e. The first-order valence-electron chi connectivity index (χ1n) is 33.3. The normalized spacial score (nSPS) is 12.4. The molecular weight excluding hydrogens is 937 g/mol. The molecule has 1 unspecified atom stereocenters. The fourth-order valence-corrected chi connectivity index (χ4v) is 9.83. The molecule has 0 aromatic rings. The van der Waals surface area contributed by atoms with Gasteiger partial charge in [-0.3, -0.25) is 14.4 Å². The maximum atomic E-state index is 12.9. The molecule has 0 saturated heterocycles. The minimum Gasteiger partial charge on any atom is -0.462 e. The molecule has 0 saturated carbocycles. The summed E-state index contributed by atoms with van der Waals surface area (Å²) < 4.78 is 16.9. The van der Waals surface area contributed by atoms with E-state index >= 15 is 0 Å². The molecule has 0 aliphatic heterocycles. The van der Waals surface area contributed by atoms with Crippen LogP contribution in [-0.4, -0.2) is 37.2 Å². The molecule has 0 radical (unpaired) electrons. The Bertz CT molecular complexity index is 1360. The topological polar surface area (TPSA) is 78.9 Å². The quantitative estimate of drug-likeness (QED) is 0.0261. The maximum absolute atomic E-state index is 12.9. The zero-order valence-corrected chi connectivity index (χ0v) is 50.8. The fourth-order valence-electron chi connectivity index (χ4n) is 9.83. The summed E-state index contributed by atoms with van der Waals surface area (Å²) in [5.74, 6) is -0.845. The van der Waals surface area contributed by atoms with Crippen molar-refractivity contribution in [3.05, 3.63) is 60.8 Å². The van der Waals surface area contributed by atoms with Gasteiger partial charge in [0.25, 0.3) is 0 Å². The van der Waals surface area contributed by atoms with Crippen molar-refractivity contribution in [2.45, 2.75) is 354 Å². The Kier molecular flexibility index (Phi) is 62.2. The third kappa shape index (κ3) is 62.0. The Morgan fingerprint density at radius 2 is 0.513 bits per heavy atom. The third-order valence-electron chi connectivity index (χ3n) is 14.8. The second-order valence-electron chi connectivity index (χ2n) is 22.4. The standard InChI is InChI=1S/C70H126O6/c1-4-7-10-13-16-19-22-25-27-28-29-30-31-32-33-34-35-36-37-38-39-40-41-42-44-45-48-51-54-57-60-63-69(72)75-66-67(65-74-68(71)62-59-56-53-50-47-24-21-18-15-12-9-6-3)76-70(73)64-61-58-55-52-49-46-43-26-23-20-17-14-11-8-5-2/h7,10,16,19,25,27,29-30,32-33,67H,4-6,8-9,11-15,17-18,20-24,26,28,31,34-66H2,1-3H3/b10-7-,19-16-,27-25-,30-29-,33-32-. The lowest BCUT2D eigenvalue weighted by atomic mass is 10.0. The van der Waals surface area contributed by atoms with E-state index in [0.717, 1.165) is 89.9 Å². The lowest BCUT2D eigenvalue weighted by Gasteiger charge is -2.18. The second-order valence-corrected chi connectivity index (χ2v) is 22.4. The van der Waals surface area contributed by atoms with Crippen LogP contribution >= 0.6 is 0 Å². The summed E-state index contributed by atoms with van der Waals surface area (Å²) in [6.07, 6.45) is 82.4. The minimum absolute atomic E-state index is 0.0670. The molecule has 0 aromatic carbocycles. The molecule has 442 valence electrons. The first kappa shape index (κ1) is 73.1. The van der Waals surface area contributed by atoms with Gasteiger partial charge < -0.3 is 14.2 Å². The number of unbranched alkanes of at least 4 members (excludes halogenated alkanes) is 40. The SMILES string of the molecule is CC/C=C\C/C=C\C/C=C\C/C=C\C/C=C\CCCCCCCCCCCCCCCCCC(=O)OCC(COC(=O)CCCCCCCCCCCCCC)OC(=O)CCCCCCCCCCCCCCCCC. The Balaban J connectivity index is 4.14. The molecule has 0 bridgehead atoms. The monoisotopic (exact) mass is 1060 g/mol. The van der Waals surface area contributed by atoms with Crippen LogP contribution in [0.3, 0.4) is 0 Å². The zero-order valence-electron chi connectivity index (χ0n) is 50.8. The summed E-state index contributed by atoms with van der Waals surface area (Å²) >= 11 is 0. The van der Waals surface area contributed by atoms with Crippen molar-refractivity contribution in [1.29, 1.82) is 0 Å². The van der Waals surface area contributed by atoms with E-state index in [4.69, 9.17) is 14.2 Å². The number of allylic oxidation sites excluding steroid dienone is 10. The fraction of sp³-hybridized carbons (Fsp3) is 0.814. The minimum atomic E-state index is -0.769. The van der Waals surface area contributed by atoms with Crippen molar-refractivity contribution in [2.24, 2.45) is 0 Å². The van der Waals surface area contributed by atoms with Crippen LogP contribution in [0.1, 0.15) is 348 Å². The number of carbonyl (C=O) groups is 3. The molecule has 0 amide bonds. The van der Waals surface area contributed by atoms with Gasteiger partial charge >= 0.3 is 17.9 Å². The van der Waals surface area contributed by atoms with Crippen LogP contribution in [0.15, 0.2) is 60.8 Å². The molecule has 0 N–H and O–H groups in total. The lowest BCUT2D eigenvalue weighted by Crippen LogP contribution is -2.30. The number of ether oxygens (including phenoxy) is 3. The molecule has 0 heterocycles. The highest BCUT2D eigenvalue weighted by Gasteiger charge is 2.19. The Hall–Kier alpha value is -2.89. The molecule has 1 atom stereocenters. The molecule has 0 fully saturated rings. The van der Waals surface area contributed by atoms with E-state index in [1.807, 2.05) is 0 Å². The summed E-state index contributed by atoms with van der Waals surface area (Å²) in [7, 11) is 0. The average Bonchev–Trinajstić information content (AvgIpc) is 3.42. The molecule has 6 nitrogen and oxygen atoms in total. The summed E-state index contributed by atoms with van der Waals surface area (Å²) in [6.45, 7) is 6.57. The number of hydrogen-bond donors (Lipinski definition) is 0. The molecular formula is C70H126O6. The molecule has 0 spiro atoms. The van der Waals surface area contributed by atoms with Gasteiger partial charge in [0.1, 0.15) is 13.2 Å². The van der Waals surface area contributed by atoms with Crippen molar-refractivity contribution in [3.63, 3.8) is 0 Å². The van der Waals surface area contributed by atoms with Gasteiger partial charge in [-0.25, -0.2) is 0 Å². The predicted octanol–water partition coefficient (Wildman–Crippen LogP) is 22.7. The number of rotatable bonds is 61. The largest absolute Gasteiger partial charge is 0.462 e. The van der Waals surface area contributed by atoms with E-state index in [9.17, 15) is 14.4 Å². The summed E-state index contributed by atoms with van der Waals surface area (Å²) in [4.78, 5) is 38.3. The van der Waals surface area contributed by atoms with Crippen LogP contribution < -0.4 is 0 Å². The van der Waals surface area contributed by atoms with Crippen molar-refractivity contribution < 1.29 is 28.6 Å². The van der Waals surface area contributed by atoms with Crippen LogP contribution in [-0.2, 0) is 28.6 Å². The summed E-state index contributed by atoms with van der Waals surface area (Å²) in [5, 5.41) is 0. The van der Waals surface area contributed by atoms with Gasteiger partial charge in [-0.15, -0.1) is 0 Å². The smallest absolute Gasteiger partial charge is 0.306 e. The molecule has 0 aliphatic rings. The van der Waals surface area contributed by atoms with Crippen LogP contribution in [0.25, 0.3) is 0 Å². The van der Waals surface area contributed by atoms with Crippen LogP contribution in [0, 0.1) is 0 Å². The zero-order chi connectivity index (χ0) is 55.0. The summed E-state index contributed by atoms with van der Waals surface area (Å²) in [6, 6.07) is 0. The Labute approximate surface area is 472 Å². The average molecular weight is 1060 g/mol. The molecule has 0 rings (SSSR count). The Morgan fingerprint density at radius 1 is 0.276 bits per heavy atom. The highest BCUT2D eigenvalue weighted by atomic mass is 16.6. The van der Waals surface area contributed by atoms with Gasteiger partial charge in [0.05, 0.1) is 0 Å².